The van der Waals surface area contributed by atoms with Crippen LogP contribution < -0.4 is 11.1 Å². The minimum Gasteiger partial charge on any atom is -0.345 e. The third-order valence-corrected chi connectivity index (χ3v) is 4.00. The molecule has 0 saturated carbocycles. The molecule has 0 spiro atoms. The number of benzene rings is 1. The van der Waals surface area contributed by atoms with Crippen LogP contribution in [-0.4, -0.2) is 21.9 Å². The molecule has 1 unspecified atom stereocenters. The molecular weight excluding hydrogens is 369 g/mol. The topological polar surface area (TPSA) is 72.9 Å². The Bertz CT molecular complexity index is 757. The van der Waals surface area contributed by atoms with Crippen LogP contribution >= 0.6 is 12.4 Å². The molecule has 2 aromatic rings. The van der Waals surface area contributed by atoms with Gasteiger partial charge in [-0.15, -0.1) is 12.4 Å². The summed E-state index contributed by atoms with van der Waals surface area (Å²) >= 11 is 0. The van der Waals surface area contributed by atoms with Gasteiger partial charge in [0.05, 0.1) is 11.7 Å². The van der Waals surface area contributed by atoms with E-state index < -0.39 is 18.8 Å². The fourth-order valence-electron chi connectivity index (χ4n) is 2.81. The predicted molar refractivity (Wildman–Crippen MR) is 95.2 cm³/mol. The van der Waals surface area contributed by atoms with Crippen molar-refractivity contribution in [2.75, 3.05) is 0 Å². The molecule has 144 valence electrons. The summed E-state index contributed by atoms with van der Waals surface area (Å²) in [5.74, 6) is -0.307. The predicted octanol–water partition coefficient (Wildman–Crippen LogP) is 3.43. The molecule has 1 atom stereocenters. The van der Waals surface area contributed by atoms with Gasteiger partial charge in [-0.2, -0.15) is 18.3 Å². The summed E-state index contributed by atoms with van der Waals surface area (Å²) in [6.45, 7) is 4.16. The third-order valence-electron chi connectivity index (χ3n) is 4.00. The lowest BCUT2D eigenvalue weighted by Gasteiger charge is -2.15. The van der Waals surface area contributed by atoms with E-state index in [9.17, 15) is 18.0 Å². The Labute approximate surface area is 156 Å². The van der Waals surface area contributed by atoms with Gasteiger partial charge in [-0.1, -0.05) is 12.1 Å². The summed E-state index contributed by atoms with van der Waals surface area (Å²) in [7, 11) is 0. The number of aryl methyl sites for hydroxylation is 1. The number of nitrogens with two attached hydrogens (primary N) is 1. The zero-order chi connectivity index (χ0) is 18.8. The van der Waals surface area contributed by atoms with E-state index in [0.717, 1.165) is 10.2 Å². The minimum atomic E-state index is -4.35. The van der Waals surface area contributed by atoms with Crippen LogP contribution in [0.2, 0.25) is 0 Å². The Kier molecular flexibility index (Phi) is 7.23. The Morgan fingerprint density at radius 2 is 1.85 bits per heavy atom. The van der Waals surface area contributed by atoms with Crippen molar-refractivity contribution in [3.05, 3.63) is 52.3 Å². The molecule has 1 aromatic heterocycles. The number of hydrogen-bond acceptors (Lipinski definition) is 3. The number of carbonyl (C=O) groups is 1. The highest BCUT2D eigenvalue weighted by molar-refractivity contribution is 5.94. The number of halogens is 4. The molecule has 26 heavy (non-hydrogen) atoms. The van der Waals surface area contributed by atoms with Crippen molar-refractivity contribution >= 4 is 18.3 Å². The molecule has 1 heterocycles. The first-order chi connectivity index (χ1) is 11.6. The molecule has 1 aromatic carbocycles. The molecule has 0 aliphatic rings. The molecule has 0 aliphatic carbocycles. The zero-order valence-corrected chi connectivity index (χ0v) is 15.5. The SMILES string of the molecule is Cc1nn(CC(F)(F)F)c(C)c1C(C)NC(=O)c1ccc(CN)cc1.Cl. The van der Waals surface area contributed by atoms with Crippen LogP contribution in [0.5, 0.6) is 0 Å². The van der Waals surface area contributed by atoms with Gasteiger partial charge in [0.2, 0.25) is 0 Å². The van der Waals surface area contributed by atoms with Crippen LogP contribution in [-0.2, 0) is 13.1 Å². The van der Waals surface area contributed by atoms with E-state index in [0.29, 0.717) is 29.1 Å². The van der Waals surface area contributed by atoms with Crippen molar-refractivity contribution in [1.82, 2.24) is 15.1 Å². The van der Waals surface area contributed by atoms with Crippen LogP contribution in [0.25, 0.3) is 0 Å². The number of hydrogen-bond donors (Lipinski definition) is 2. The van der Waals surface area contributed by atoms with Crippen molar-refractivity contribution in [3.63, 3.8) is 0 Å². The van der Waals surface area contributed by atoms with E-state index >= 15 is 0 Å². The Balaban J connectivity index is 0.00000338. The molecule has 3 N–H and O–H groups in total. The van der Waals surface area contributed by atoms with E-state index in [-0.39, 0.29) is 18.3 Å². The molecule has 0 saturated heterocycles. The number of amides is 1. The van der Waals surface area contributed by atoms with Gasteiger partial charge in [0, 0.05) is 23.4 Å². The lowest BCUT2D eigenvalue weighted by molar-refractivity contribution is -0.143. The summed E-state index contributed by atoms with van der Waals surface area (Å²) < 4.78 is 38.8. The normalized spacial score (nSPS) is 12.4. The van der Waals surface area contributed by atoms with Crippen LogP contribution in [0.1, 0.15) is 45.8 Å². The molecule has 2 rings (SSSR count). The Morgan fingerprint density at radius 3 is 2.35 bits per heavy atom. The third kappa shape index (κ3) is 5.22. The lowest BCUT2D eigenvalue weighted by Crippen LogP contribution is -2.27. The standard InChI is InChI=1S/C17H21F3N4O.ClH/c1-10(22-16(25)14-6-4-13(8-21)5-7-14)15-11(2)23-24(12(15)3)9-17(18,19)20;/h4-7,10H,8-9,21H2,1-3H3,(H,22,25);1H. The van der Waals surface area contributed by atoms with E-state index in [2.05, 4.69) is 10.4 Å². The monoisotopic (exact) mass is 390 g/mol. The molecule has 0 bridgehead atoms. The number of rotatable bonds is 5. The Morgan fingerprint density at radius 1 is 1.27 bits per heavy atom. The van der Waals surface area contributed by atoms with Crippen LogP contribution in [0.4, 0.5) is 13.2 Å². The first-order valence-electron chi connectivity index (χ1n) is 7.83. The van der Waals surface area contributed by atoms with Gasteiger partial charge in [0.1, 0.15) is 6.54 Å². The Hall–Kier alpha value is -2.06. The summed E-state index contributed by atoms with van der Waals surface area (Å²) in [5, 5.41) is 6.75. The summed E-state index contributed by atoms with van der Waals surface area (Å²) in [6.07, 6.45) is -4.35. The van der Waals surface area contributed by atoms with Crippen molar-refractivity contribution < 1.29 is 18.0 Å². The highest BCUT2D eigenvalue weighted by Gasteiger charge is 2.31. The van der Waals surface area contributed by atoms with E-state index in [1.54, 1.807) is 45.0 Å². The largest absolute Gasteiger partial charge is 0.408 e. The highest BCUT2D eigenvalue weighted by atomic mass is 35.5. The van der Waals surface area contributed by atoms with Gasteiger partial charge in [0.15, 0.2) is 0 Å². The van der Waals surface area contributed by atoms with Gasteiger partial charge in [-0.3, -0.25) is 9.48 Å². The summed E-state index contributed by atoms with van der Waals surface area (Å²) in [6, 6.07) is 6.38. The first-order valence-corrected chi connectivity index (χ1v) is 7.83. The highest BCUT2D eigenvalue weighted by Crippen LogP contribution is 2.25. The van der Waals surface area contributed by atoms with Gasteiger partial charge >= 0.3 is 6.18 Å². The molecule has 5 nitrogen and oxygen atoms in total. The number of aromatic nitrogens is 2. The molecule has 0 aliphatic heterocycles. The maximum atomic E-state index is 12.6. The number of nitrogens with one attached hydrogen (secondary N) is 1. The second-order valence-electron chi connectivity index (χ2n) is 5.95. The fraction of sp³-hybridized carbons (Fsp3) is 0.412. The fourth-order valence-corrected chi connectivity index (χ4v) is 2.81. The molecule has 9 heteroatoms. The number of nitrogens with zero attached hydrogens (tertiary/aromatic N) is 2. The second kappa shape index (κ2) is 8.55. The van der Waals surface area contributed by atoms with Crippen molar-refractivity contribution in [3.8, 4) is 0 Å². The smallest absolute Gasteiger partial charge is 0.345 e. The maximum absolute atomic E-state index is 12.6. The quantitative estimate of drug-likeness (QED) is 0.821. The average molecular weight is 391 g/mol. The molecule has 0 fully saturated rings. The molecule has 0 radical (unpaired) electrons. The molecular formula is C17H22ClF3N4O. The van der Waals surface area contributed by atoms with Gasteiger partial charge in [-0.05, 0) is 38.5 Å². The average Bonchev–Trinajstić information content (AvgIpc) is 2.79. The first kappa shape index (κ1) is 22.0. The molecule has 1 amide bonds. The zero-order valence-electron chi connectivity index (χ0n) is 14.7. The van der Waals surface area contributed by atoms with Crippen molar-refractivity contribution in [2.45, 2.75) is 46.1 Å². The van der Waals surface area contributed by atoms with Crippen LogP contribution in [0, 0.1) is 13.8 Å². The van der Waals surface area contributed by atoms with Crippen molar-refractivity contribution in [2.24, 2.45) is 5.73 Å². The maximum Gasteiger partial charge on any atom is 0.408 e. The van der Waals surface area contributed by atoms with E-state index in [1.807, 2.05) is 0 Å². The van der Waals surface area contributed by atoms with E-state index in [4.69, 9.17) is 5.73 Å². The van der Waals surface area contributed by atoms with E-state index in [1.165, 1.54) is 0 Å². The number of alkyl halides is 3. The van der Waals surface area contributed by atoms with Crippen LogP contribution in [0.15, 0.2) is 24.3 Å². The van der Waals surface area contributed by atoms with Crippen LogP contribution in [0.3, 0.4) is 0 Å². The van der Waals surface area contributed by atoms with Crippen molar-refractivity contribution in [1.29, 1.82) is 0 Å². The summed E-state index contributed by atoms with van der Waals surface area (Å²) in [4.78, 5) is 12.3. The number of carbonyl (C=O) groups excluding carboxylic acids is 1. The van der Waals surface area contributed by atoms with Gasteiger partial charge < -0.3 is 11.1 Å². The van der Waals surface area contributed by atoms with Gasteiger partial charge in [0.25, 0.3) is 5.91 Å². The lowest BCUT2D eigenvalue weighted by atomic mass is 10.1. The minimum absolute atomic E-state index is 0. The van der Waals surface area contributed by atoms with Gasteiger partial charge in [-0.25, -0.2) is 0 Å². The second-order valence-corrected chi connectivity index (χ2v) is 5.95. The summed E-state index contributed by atoms with van der Waals surface area (Å²) in [5.41, 5.74) is 8.34.